The first kappa shape index (κ1) is 16.9. The number of aromatic nitrogens is 3. The van der Waals surface area contributed by atoms with Gasteiger partial charge in [-0.1, -0.05) is 6.07 Å². The fraction of sp³-hybridized carbons (Fsp3) is 0.500. The Balaban J connectivity index is 1.49. The van der Waals surface area contributed by atoms with Crippen LogP contribution in [0.1, 0.15) is 37.1 Å². The summed E-state index contributed by atoms with van der Waals surface area (Å²) in [4.78, 5) is 30.1. The standard InChI is InChI=1S/C20H25N5O/c1-16-11-23-17(12-22-16)13-25-15-20(8-6-19(25)26)7-4-10-24(14-20)18-5-2-3-9-21-18/h2-3,5,9,11-12H,4,6-8,10,13-15H2,1H3/t20-/m1/s1. The second-order valence-corrected chi connectivity index (χ2v) is 7.61. The third-order valence-corrected chi connectivity index (χ3v) is 5.57. The summed E-state index contributed by atoms with van der Waals surface area (Å²) in [6.07, 6.45) is 9.29. The molecule has 2 aliphatic rings. The zero-order valence-corrected chi connectivity index (χ0v) is 15.3. The Hall–Kier alpha value is -2.50. The second-order valence-electron chi connectivity index (χ2n) is 7.61. The Bertz CT molecular complexity index is 764. The van der Waals surface area contributed by atoms with Crippen molar-refractivity contribution in [2.45, 2.75) is 39.2 Å². The van der Waals surface area contributed by atoms with Gasteiger partial charge in [-0.05, 0) is 38.3 Å². The van der Waals surface area contributed by atoms with Crippen LogP contribution in [0.4, 0.5) is 5.82 Å². The lowest BCUT2D eigenvalue weighted by molar-refractivity contribution is -0.138. The summed E-state index contributed by atoms with van der Waals surface area (Å²) < 4.78 is 0. The predicted molar refractivity (Wildman–Crippen MR) is 99.5 cm³/mol. The number of rotatable bonds is 3. The van der Waals surface area contributed by atoms with Gasteiger partial charge in [0.25, 0.3) is 0 Å². The lowest BCUT2D eigenvalue weighted by atomic mass is 9.73. The Morgan fingerprint density at radius 1 is 1.12 bits per heavy atom. The summed E-state index contributed by atoms with van der Waals surface area (Å²) >= 11 is 0. The minimum atomic E-state index is 0.155. The maximum atomic E-state index is 12.5. The molecule has 2 aliphatic heterocycles. The van der Waals surface area contributed by atoms with Gasteiger partial charge >= 0.3 is 0 Å². The average molecular weight is 351 g/mol. The summed E-state index contributed by atoms with van der Waals surface area (Å²) in [6.45, 7) is 5.28. The van der Waals surface area contributed by atoms with Crippen LogP contribution in [0, 0.1) is 12.3 Å². The van der Waals surface area contributed by atoms with Crippen molar-refractivity contribution in [1.82, 2.24) is 19.9 Å². The van der Waals surface area contributed by atoms with E-state index in [4.69, 9.17) is 0 Å². The van der Waals surface area contributed by atoms with Crippen molar-refractivity contribution in [2.24, 2.45) is 5.41 Å². The van der Waals surface area contributed by atoms with E-state index in [1.165, 1.54) is 6.42 Å². The molecule has 4 rings (SSSR count). The highest BCUT2D eigenvalue weighted by atomic mass is 16.2. The number of piperidine rings is 2. The van der Waals surface area contributed by atoms with Crippen LogP contribution in [0.25, 0.3) is 0 Å². The van der Waals surface area contributed by atoms with Crippen LogP contribution in [0.5, 0.6) is 0 Å². The van der Waals surface area contributed by atoms with Crippen molar-refractivity contribution in [3.05, 3.63) is 48.2 Å². The van der Waals surface area contributed by atoms with E-state index in [0.717, 1.165) is 49.7 Å². The van der Waals surface area contributed by atoms with Gasteiger partial charge in [-0.25, -0.2) is 4.98 Å². The highest BCUT2D eigenvalue weighted by molar-refractivity contribution is 5.77. The van der Waals surface area contributed by atoms with Gasteiger partial charge in [-0.3, -0.25) is 14.8 Å². The monoisotopic (exact) mass is 351 g/mol. The fourth-order valence-electron chi connectivity index (χ4n) is 4.22. The molecule has 26 heavy (non-hydrogen) atoms. The number of anilines is 1. The number of hydrogen-bond donors (Lipinski definition) is 0. The van der Waals surface area contributed by atoms with Crippen LogP contribution < -0.4 is 4.90 Å². The van der Waals surface area contributed by atoms with E-state index in [0.29, 0.717) is 13.0 Å². The molecule has 1 atom stereocenters. The van der Waals surface area contributed by atoms with E-state index in [1.807, 2.05) is 30.2 Å². The van der Waals surface area contributed by atoms with Crippen molar-refractivity contribution in [3.63, 3.8) is 0 Å². The summed E-state index contributed by atoms with van der Waals surface area (Å²) in [5.41, 5.74) is 1.91. The van der Waals surface area contributed by atoms with Gasteiger partial charge in [0.05, 0.1) is 24.1 Å². The minimum absolute atomic E-state index is 0.155. The third kappa shape index (κ3) is 3.54. The van der Waals surface area contributed by atoms with Crippen molar-refractivity contribution in [1.29, 1.82) is 0 Å². The quantitative estimate of drug-likeness (QED) is 0.850. The number of likely N-dealkylation sites (tertiary alicyclic amines) is 1. The molecule has 2 aromatic heterocycles. The molecule has 4 heterocycles. The first-order valence-corrected chi connectivity index (χ1v) is 9.35. The lowest BCUT2D eigenvalue weighted by Crippen LogP contribution is -2.54. The second kappa shape index (κ2) is 7.02. The molecule has 2 aromatic rings. The smallest absolute Gasteiger partial charge is 0.222 e. The summed E-state index contributed by atoms with van der Waals surface area (Å²) in [7, 11) is 0. The van der Waals surface area contributed by atoms with Crippen LogP contribution >= 0.6 is 0 Å². The molecule has 6 nitrogen and oxygen atoms in total. The highest BCUT2D eigenvalue weighted by Gasteiger charge is 2.42. The first-order chi connectivity index (χ1) is 12.6. The van der Waals surface area contributed by atoms with E-state index < -0.39 is 0 Å². The van der Waals surface area contributed by atoms with E-state index >= 15 is 0 Å². The summed E-state index contributed by atoms with van der Waals surface area (Å²) in [6, 6.07) is 6.07. The molecule has 0 aliphatic carbocycles. The topological polar surface area (TPSA) is 62.2 Å². The van der Waals surface area contributed by atoms with Crippen LogP contribution in [-0.4, -0.2) is 45.4 Å². The van der Waals surface area contributed by atoms with Gasteiger partial charge in [0.15, 0.2) is 0 Å². The van der Waals surface area contributed by atoms with E-state index in [2.05, 4.69) is 25.9 Å². The van der Waals surface area contributed by atoms with Crippen molar-refractivity contribution in [2.75, 3.05) is 24.5 Å². The molecular weight excluding hydrogens is 326 g/mol. The third-order valence-electron chi connectivity index (χ3n) is 5.57. The Kier molecular flexibility index (Phi) is 4.57. The van der Waals surface area contributed by atoms with Gasteiger partial charge in [0.2, 0.25) is 5.91 Å². The molecule has 1 amide bonds. The van der Waals surface area contributed by atoms with E-state index in [9.17, 15) is 4.79 Å². The fourth-order valence-corrected chi connectivity index (χ4v) is 4.22. The molecule has 136 valence electrons. The Labute approximate surface area is 154 Å². The minimum Gasteiger partial charge on any atom is -0.356 e. The number of carbonyl (C=O) groups excluding carboxylic acids is 1. The molecule has 0 radical (unpaired) electrons. The van der Waals surface area contributed by atoms with Crippen LogP contribution in [0.3, 0.4) is 0 Å². The van der Waals surface area contributed by atoms with Gasteiger partial charge in [-0.2, -0.15) is 0 Å². The molecule has 2 fully saturated rings. The van der Waals surface area contributed by atoms with Crippen molar-refractivity contribution in [3.8, 4) is 0 Å². The average Bonchev–Trinajstić information content (AvgIpc) is 2.68. The molecule has 1 spiro atoms. The Morgan fingerprint density at radius 3 is 2.81 bits per heavy atom. The molecule has 0 N–H and O–H groups in total. The lowest BCUT2D eigenvalue weighted by Gasteiger charge is -2.48. The van der Waals surface area contributed by atoms with Crippen LogP contribution in [0.15, 0.2) is 36.8 Å². The molecule has 2 saturated heterocycles. The molecule has 0 unspecified atom stereocenters. The zero-order valence-electron chi connectivity index (χ0n) is 15.3. The predicted octanol–water partition coefficient (Wildman–Crippen LogP) is 2.59. The Morgan fingerprint density at radius 2 is 2.04 bits per heavy atom. The zero-order chi connectivity index (χ0) is 18.0. The van der Waals surface area contributed by atoms with Crippen molar-refractivity contribution < 1.29 is 4.79 Å². The normalized spacial score (nSPS) is 23.5. The molecule has 0 saturated carbocycles. The molecule has 0 aromatic carbocycles. The number of hydrogen-bond acceptors (Lipinski definition) is 5. The number of carbonyl (C=O) groups is 1. The maximum Gasteiger partial charge on any atom is 0.222 e. The number of amides is 1. The van der Waals surface area contributed by atoms with E-state index in [-0.39, 0.29) is 11.3 Å². The number of pyridine rings is 1. The molecular formula is C20H25N5O. The molecule has 0 bridgehead atoms. The van der Waals surface area contributed by atoms with Crippen LogP contribution in [-0.2, 0) is 11.3 Å². The van der Waals surface area contributed by atoms with Gasteiger partial charge in [0.1, 0.15) is 5.82 Å². The summed E-state index contributed by atoms with van der Waals surface area (Å²) in [5, 5.41) is 0. The maximum absolute atomic E-state index is 12.5. The van der Waals surface area contributed by atoms with Gasteiger partial charge in [0, 0.05) is 43.9 Å². The number of nitrogens with zero attached hydrogens (tertiary/aromatic N) is 5. The van der Waals surface area contributed by atoms with E-state index in [1.54, 1.807) is 12.4 Å². The van der Waals surface area contributed by atoms with Gasteiger partial charge < -0.3 is 9.80 Å². The number of aryl methyl sites for hydroxylation is 1. The SMILES string of the molecule is Cc1cnc(CN2C[C@]3(CCCN(c4ccccn4)C3)CCC2=O)cn1. The van der Waals surface area contributed by atoms with Crippen molar-refractivity contribution >= 4 is 11.7 Å². The highest BCUT2D eigenvalue weighted by Crippen LogP contribution is 2.40. The summed E-state index contributed by atoms with van der Waals surface area (Å²) in [5.74, 6) is 1.27. The van der Waals surface area contributed by atoms with Crippen LogP contribution in [0.2, 0.25) is 0 Å². The molecule has 6 heteroatoms. The largest absolute Gasteiger partial charge is 0.356 e. The first-order valence-electron chi connectivity index (χ1n) is 9.35. The van der Waals surface area contributed by atoms with Gasteiger partial charge in [-0.15, -0.1) is 0 Å².